The van der Waals surface area contributed by atoms with Crippen LogP contribution in [0.4, 0.5) is 5.69 Å². The fourth-order valence-corrected chi connectivity index (χ4v) is 3.35. The summed E-state index contributed by atoms with van der Waals surface area (Å²) < 4.78 is 0. The molecule has 3 nitrogen and oxygen atoms in total. The molecule has 3 heteroatoms. The first-order chi connectivity index (χ1) is 12.2. The summed E-state index contributed by atoms with van der Waals surface area (Å²) in [6.45, 7) is 6.38. The molecule has 0 saturated heterocycles. The minimum absolute atomic E-state index is 0.0149. The molecule has 2 aromatic rings. The summed E-state index contributed by atoms with van der Waals surface area (Å²) >= 11 is 0. The molecule has 1 aliphatic rings. The number of carbonyl (C=O) groups is 1. The molecule has 0 bridgehead atoms. The van der Waals surface area contributed by atoms with E-state index in [9.17, 15) is 4.79 Å². The van der Waals surface area contributed by atoms with Gasteiger partial charge in [0.05, 0.1) is 6.04 Å². The van der Waals surface area contributed by atoms with Crippen LogP contribution in [0.15, 0.2) is 54.6 Å². The predicted octanol–water partition coefficient (Wildman–Crippen LogP) is 4.35. The van der Waals surface area contributed by atoms with Crippen molar-refractivity contribution < 1.29 is 4.79 Å². The molecule has 1 unspecified atom stereocenters. The number of rotatable bonds is 5. The second kappa shape index (κ2) is 8.02. The Bertz CT molecular complexity index is 752. The SMILES string of the molecule is CCN1CCCc2ccc(C(C)NC(=O)/C=C/c3ccccc3)cc21. The summed E-state index contributed by atoms with van der Waals surface area (Å²) in [6, 6.07) is 16.4. The highest BCUT2D eigenvalue weighted by molar-refractivity contribution is 5.92. The zero-order chi connectivity index (χ0) is 17.6. The first-order valence-electron chi connectivity index (χ1n) is 9.08. The molecule has 1 atom stereocenters. The monoisotopic (exact) mass is 334 g/mol. The molecule has 3 rings (SSSR count). The Kier molecular flexibility index (Phi) is 5.54. The third kappa shape index (κ3) is 4.30. The smallest absolute Gasteiger partial charge is 0.244 e. The highest BCUT2D eigenvalue weighted by atomic mass is 16.1. The zero-order valence-corrected chi connectivity index (χ0v) is 15.0. The number of hydrogen-bond donors (Lipinski definition) is 1. The van der Waals surface area contributed by atoms with Crippen molar-refractivity contribution in [1.29, 1.82) is 0 Å². The summed E-state index contributed by atoms with van der Waals surface area (Å²) in [6.07, 6.45) is 5.81. The van der Waals surface area contributed by atoms with Crippen LogP contribution in [0.3, 0.4) is 0 Å². The molecule has 1 N–H and O–H groups in total. The number of aryl methyl sites for hydroxylation is 1. The molecule has 0 saturated carbocycles. The molecule has 130 valence electrons. The lowest BCUT2D eigenvalue weighted by Crippen LogP contribution is -2.30. The average Bonchev–Trinajstić information content (AvgIpc) is 2.66. The number of hydrogen-bond acceptors (Lipinski definition) is 2. The van der Waals surface area contributed by atoms with E-state index in [0.29, 0.717) is 0 Å². The largest absolute Gasteiger partial charge is 0.372 e. The molecular formula is C22H26N2O. The molecule has 1 amide bonds. The van der Waals surface area contributed by atoms with Crippen LogP contribution in [0.25, 0.3) is 6.08 Å². The van der Waals surface area contributed by atoms with E-state index in [1.165, 1.54) is 17.7 Å². The van der Waals surface area contributed by atoms with Gasteiger partial charge in [-0.15, -0.1) is 0 Å². The summed E-state index contributed by atoms with van der Waals surface area (Å²) in [5.74, 6) is -0.0681. The van der Waals surface area contributed by atoms with Crippen LogP contribution in [0.2, 0.25) is 0 Å². The van der Waals surface area contributed by atoms with Crippen LogP contribution in [-0.4, -0.2) is 19.0 Å². The van der Waals surface area contributed by atoms with Crippen LogP contribution in [-0.2, 0) is 11.2 Å². The van der Waals surface area contributed by atoms with Gasteiger partial charge in [0.15, 0.2) is 0 Å². The summed E-state index contributed by atoms with van der Waals surface area (Å²) in [4.78, 5) is 14.6. The van der Waals surface area contributed by atoms with Gasteiger partial charge in [0.1, 0.15) is 0 Å². The van der Waals surface area contributed by atoms with Crippen molar-refractivity contribution in [2.45, 2.75) is 32.7 Å². The highest BCUT2D eigenvalue weighted by Crippen LogP contribution is 2.29. The van der Waals surface area contributed by atoms with Gasteiger partial charge in [0, 0.05) is 24.9 Å². The Morgan fingerprint density at radius 3 is 2.80 bits per heavy atom. The number of fused-ring (bicyclic) bond motifs is 1. The lowest BCUT2D eigenvalue weighted by atomic mass is 9.97. The maximum atomic E-state index is 12.2. The number of nitrogens with one attached hydrogen (secondary N) is 1. The van der Waals surface area contributed by atoms with E-state index < -0.39 is 0 Å². The van der Waals surface area contributed by atoms with Crippen LogP contribution in [0.5, 0.6) is 0 Å². The van der Waals surface area contributed by atoms with Crippen molar-refractivity contribution in [2.75, 3.05) is 18.0 Å². The summed E-state index contributed by atoms with van der Waals surface area (Å²) in [5, 5.41) is 3.06. The molecule has 25 heavy (non-hydrogen) atoms. The molecule has 0 aromatic heterocycles. The fourth-order valence-electron chi connectivity index (χ4n) is 3.35. The van der Waals surface area contributed by atoms with Gasteiger partial charge in [-0.25, -0.2) is 0 Å². The van der Waals surface area contributed by atoms with Gasteiger partial charge in [-0.2, -0.15) is 0 Å². The van der Waals surface area contributed by atoms with E-state index >= 15 is 0 Å². The highest BCUT2D eigenvalue weighted by Gasteiger charge is 2.17. The van der Waals surface area contributed by atoms with Gasteiger partial charge in [-0.05, 0) is 55.5 Å². The molecule has 0 fully saturated rings. The maximum Gasteiger partial charge on any atom is 0.244 e. The van der Waals surface area contributed by atoms with E-state index in [0.717, 1.165) is 30.6 Å². The van der Waals surface area contributed by atoms with Crippen LogP contribution >= 0.6 is 0 Å². The van der Waals surface area contributed by atoms with Crippen LogP contribution in [0.1, 0.15) is 43.0 Å². The lowest BCUT2D eigenvalue weighted by molar-refractivity contribution is -0.117. The maximum absolute atomic E-state index is 12.2. The lowest BCUT2D eigenvalue weighted by Gasteiger charge is -2.31. The minimum Gasteiger partial charge on any atom is -0.372 e. The van der Waals surface area contributed by atoms with Crippen molar-refractivity contribution in [2.24, 2.45) is 0 Å². The second-order valence-electron chi connectivity index (χ2n) is 6.55. The van der Waals surface area contributed by atoms with Gasteiger partial charge in [-0.3, -0.25) is 4.79 Å². The van der Waals surface area contributed by atoms with Gasteiger partial charge in [0.2, 0.25) is 5.91 Å². The van der Waals surface area contributed by atoms with E-state index in [4.69, 9.17) is 0 Å². The number of carbonyl (C=O) groups excluding carboxylic acids is 1. The minimum atomic E-state index is -0.0681. The molecule has 1 aliphatic heterocycles. The van der Waals surface area contributed by atoms with E-state index in [1.54, 1.807) is 6.08 Å². The molecule has 1 heterocycles. The van der Waals surface area contributed by atoms with E-state index in [2.05, 4.69) is 35.3 Å². The molecule has 0 radical (unpaired) electrons. The molecular weight excluding hydrogens is 308 g/mol. The van der Waals surface area contributed by atoms with Gasteiger partial charge in [0.25, 0.3) is 0 Å². The number of nitrogens with zero attached hydrogens (tertiary/aromatic N) is 1. The number of benzene rings is 2. The third-order valence-electron chi connectivity index (χ3n) is 4.79. The van der Waals surface area contributed by atoms with E-state index in [1.807, 2.05) is 43.3 Å². The van der Waals surface area contributed by atoms with Crippen molar-refractivity contribution >= 4 is 17.7 Å². The Hall–Kier alpha value is -2.55. The Balaban J connectivity index is 1.68. The topological polar surface area (TPSA) is 32.3 Å². The average molecular weight is 334 g/mol. The second-order valence-corrected chi connectivity index (χ2v) is 6.55. The van der Waals surface area contributed by atoms with Gasteiger partial charge < -0.3 is 10.2 Å². The molecule has 0 spiro atoms. The van der Waals surface area contributed by atoms with Gasteiger partial charge in [-0.1, -0.05) is 42.5 Å². The van der Waals surface area contributed by atoms with E-state index in [-0.39, 0.29) is 11.9 Å². The van der Waals surface area contributed by atoms with Crippen molar-refractivity contribution in [3.05, 3.63) is 71.3 Å². The summed E-state index contributed by atoms with van der Waals surface area (Å²) in [5.41, 5.74) is 4.92. The Morgan fingerprint density at radius 2 is 2.04 bits per heavy atom. The predicted molar refractivity (Wildman–Crippen MR) is 105 cm³/mol. The van der Waals surface area contributed by atoms with Gasteiger partial charge >= 0.3 is 0 Å². The van der Waals surface area contributed by atoms with Crippen LogP contribution < -0.4 is 10.2 Å². The normalized spacial score (nSPS) is 15.0. The Labute approximate surface area is 150 Å². The van der Waals surface area contributed by atoms with Crippen LogP contribution in [0, 0.1) is 0 Å². The number of amides is 1. The molecule has 2 aromatic carbocycles. The first-order valence-corrected chi connectivity index (χ1v) is 9.08. The fraction of sp³-hybridized carbons (Fsp3) is 0.318. The zero-order valence-electron chi connectivity index (χ0n) is 15.0. The van der Waals surface area contributed by atoms with Crippen molar-refractivity contribution in [1.82, 2.24) is 5.32 Å². The van der Waals surface area contributed by atoms with Crippen molar-refractivity contribution in [3.63, 3.8) is 0 Å². The standard InChI is InChI=1S/C22H26N2O/c1-3-24-15-7-10-19-12-13-20(16-21(19)24)17(2)23-22(25)14-11-18-8-5-4-6-9-18/h4-6,8-9,11-14,16-17H,3,7,10,15H2,1-2H3,(H,23,25)/b14-11+. The molecule has 0 aliphatic carbocycles. The first kappa shape index (κ1) is 17.3. The summed E-state index contributed by atoms with van der Waals surface area (Å²) in [7, 11) is 0. The number of anilines is 1. The quantitative estimate of drug-likeness (QED) is 0.825. The van der Waals surface area contributed by atoms with Crippen molar-refractivity contribution in [3.8, 4) is 0 Å². The Morgan fingerprint density at radius 1 is 1.24 bits per heavy atom. The third-order valence-corrected chi connectivity index (χ3v) is 4.79.